The number of hydrogen-bond acceptors (Lipinski definition) is 24. The highest BCUT2D eigenvalue weighted by molar-refractivity contribution is 8.43. The van der Waals surface area contributed by atoms with Crippen LogP contribution in [0.5, 0.6) is 40.2 Å². The third kappa shape index (κ3) is 21.6. The molecule has 0 bridgehead atoms. The van der Waals surface area contributed by atoms with Gasteiger partial charge in [0.05, 0.1) is 41.9 Å². The maximum absolute atomic E-state index is 12.9. The SMILES string of the molecule is C.C.C.C.COc1ccc2c(-c3ccccc3C(=O)O)c3ccc(=O)cc-3oc2c1.COc1ccc2c(c1)Oc1cc(OC(=O)c3ccccc3S)ccc1C21OC(=O)c2ccccc21.O=C(Oc1ccc2ccc(=O)oc2c1)c1ccccc1S.O=c1ccc2ccc(O)cc2o1.O=c1ssc2ccccc12.P=S=S.PP=S=S. The Hall–Kier alpha value is -10.9. The van der Waals surface area contributed by atoms with Gasteiger partial charge in [-0.25, -0.2) is 28.8 Å². The fourth-order valence-corrected chi connectivity index (χ4v) is 14.2. The smallest absolute Gasteiger partial charge is 0.344 e. The van der Waals surface area contributed by atoms with Gasteiger partial charge in [0.2, 0.25) is 0 Å². The number of phenolic OH excluding ortho intramolecular Hbond substituents is 1. The number of aromatic hydroxyl groups is 1. The van der Waals surface area contributed by atoms with Crippen LogP contribution in [0.15, 0.2) is 297 Å². The lowest BCUT2D eigenvalue weighted by molar-refractivity contribution is 0.0223. The summed E-state index contributed by atoms with van der Waals surface area (Å²) in [6.45, 7) is 0. The summed E-state index contributed by atoms with van der Waals surface area (Å²) in [6, 6.07) is 71.3. The summed E-state index contributed by atoms with van der Waals surface area (Å²) in [5.74, 6) is 0.662. The molecule has 30 heteroatoms. The lowest BCUT2D eigenvalue weighted by atomic mass is 9.77. The molecule has 1 spiro atoms. The lowest BCUT2D eigenvalue weighted by Gasteiger charge is -2.36. The van der Waals surface area contributed by atoms with Gasteiger partial charge in [-0.3, -0.25) is 9.59 Å². The average molecular weight is 1750 g/mol. The Morgan fingerprint density at radius 2 is 0.983 bits per heavy atom. The van der Waals surface area contributed by atoms with Crippen LogP contribution in [0.1, 0.15) is 87.8 Å². The molecule has 0 saturated carbocycles. The Labute approximate surface area is 699 Å². The van der Waals surface area contributed by atoms with Crippen LogP contribution in [0.4, 0.5) is 0 Å². The van der Waals surface area contributed by atoms with E-state index in [1.807, 2.05) is 48.5 Å². The molecule has 2 N–H and O–H groups in total. The number of carbonyl (C=O) groups is 4. The summed E-state index contributed by atoms with van der Waals surface area (Å²) in [4.78, 5) is 95.3. The second kappa shape index (κ2) is 42.5. The topological polar surface area (TPSA) is 272 Å². The van der Waals surface area contributed by atoms with E-state index in [-0.39, 0.29) is 56.9 Å². The maximum atomic E-state index is 12.9. The van der Waals surface area contributed by atoms with E-state index >= 15 is 0 Å². The zero-order valence-corrected chi connectivity index (χ0v) is 67.2. The molecular weight excluding hydrogens is 1670 g/mol. The van der Waals surface area contributed by atoms with Crippen molar-refractivity contribution in [3.63, 3.8) is 0 Å². The predicted molar refractivity (Wildman–Crippen MR) is 481 cm³/mol. The minimum Gasteiger partial charge on any atom is -0.508 e. The van der Waals surface area contributed by atoms with Crippen molar-refractivity contribution >= 4 is 178 Å². The van der Waals surface area contributed by atoms with Crippen LogP contribution >= 0.6 is 69.9 Å². The van der Waals surface area contributed by atoms with Gasteiger partial charge in [0.1, 0.15) is 62.8 Å². The number of thiol groups is 2. The van der Waals surface area contributed by atoms with Crippen LogP contribution < -0.4 is 45.1 Å². The molecule has 1 aliphatic carbocycles. The fourth-order valence-electron chi connectivity index (χ4n) is 11.6. The van der Waals surface area contributed by atoms with Crippen molar-refractivity contribution in [1.29, 1.82) is 0 Å². The molecule has 0 saturated heterocycles. The molecule has 588 valence electrons. The van der Waals surface area contributed by atoms with E-state index in [4.69, 9.17) is 46.8 Å². The summed E-state index contributed by atoms with van der Waals surface area (Å²) in [6.07, 6.45) is 0. The van der Waals surface area contributed by atoms with Gasteiger partial charge in [-0.05, 0) is 196 Å². The first-order valence-corrected chi connectivity index (χ1v) is 43.2. The van der Waals surface area contributed by atoms with Gasteiger partial charge in [0.25, 0.3) is 4.74 Å². The molecule has 13 aromatic rings. The van der Waals surface area contributed by atoms with Gasteiger partial charge in [0, 0.05) is 107 Å². The summed E-state index contributed by atoms with van der Waals surface area (Å²) < 4.78 is 50.9. The van der Waals surface area contributed by atoms with E-state index in [1.165, 1.54) is 56.2 Å². The van der Waals surface area contributed by atoms with Crippen molar-refractivity contribution in [2.45, 2.75) is 45.1 Å². The van der Waals surface area contributed by atoms with Crippen LogP contribution in [0.2, 0.25) is 0 Å². The largest absolute Gasteiger partial charge is 0.508 e. The van der Waals surface area contributed by atoms with Crippen molar-refractivity contribution < 1.29 is 71.1 Å². The number of methoxy groups -OCH3 is 2. The first-order valence-electron chi connectivity index (χ1n) is 32.3. The molecule has 0 radical (unpaired) electrons. The summed E-state index contributed by atoms with van der Waals surface area (Å²) in [7, 11) is 15.0. The Bertz CT molecular complexity index is 6390. The quantitative estimate of drug-likeness (QED) is 0.0209. The van der Waals surface area contributed by atoms with Crippen molar-refractivity contribution in [2.75, 3.05) is 14.2 Å². The van der Waals surface area contributed by atoms with Crippen LogP contribution in [-0.2, 0) is 51.7 Å². The van der Waals surface area contributed by atoms with Gasteiger partial charge >= 0.3 is 35.1 Å². The van der Waals surface area contributed by atoms with E-state index in [0.717, 1.165) is 48.4 Å². The van der Waals surface area contributed by atoms with E-state index in [1.54, 1.807) is 194 Å². The lowest BCUT2D eigenvalue weighted by Crippen LogP contribution is -2.33. The van der Waals surface area contributed by atoms with E-state index in [0.29, 0.717) is 106 Å². The number of hydrogen-bond donors (Lipinski definition) is 4. The van der Waals surface area contributed by atoms with E-state index in [2.05, 4.69) is 64.6 Å². The molecule has 10 aromatic carbocycles. The van der Waals surface area contributed by atoms with Crippen LogP contribution in [0.3, 0.4) is 0 Å². The van der Waals surface area contributed by atoms with Crippen LogP contribution in [0, 0.1) is 0 Å². The van der Waals surface area contributed by atoms with Gasteiger partial charge in [-0.15, -0.1) is 25.3 Å². The highest BCUT2D eigenvalue weighted by Gasteiger charge is 2.53. The van der Waals surface area contributed by atoms with E-state index < -0.39 is 40.7 Å². The highest BCUT2D eigenvalue weighted by atomic mass is 33.0. The number of carboxylic acid groups (broad SMARTS) is 1. The number of rotatable bonds is 8. The Morgan fingerprint density at radius 1 is 0.504 bits per heavy atom. The average Bonchev–Trinajstić information content (AvgIpc) is 1.60. The van der Waals surface area contributed by atoms with Crippen molar-refractivity contribution in [1.82, 2.24) is 0 Å². The molecule has 6 heterocycles. The first-order chi connectivity index (χ1) is 53.7. The second-order valence-electron chi connectivity index (χ2n) is 23.0. The third-order valence-corrected chi connectivity index (χ3v) is 22.9. The molecule has 0 fully saturated rings. The summed E-state index contributed by atoms with van der Waals surface area (Å²) >= 11 is 17.2. The third-order valence-electron chi connectivity index (χ3n) is 16.4. The zero-order valence-electron chi connectivity index (χ0n) is 57.5. The monoisotopic (exact) mass is 1740 g/mol. The number of aromatic carboxylic acids is 1. The number of carbonyl (C=O) groups excluding carboxylic acids is 3. The summed E-state index contributed by atoms with van der Waals surface area (Å²) in [5, 5.41) is 21.8. The molecule has 19 nitrogen and oxygen atoms in total. The van der Waals surface area contributed by atoms with Gasteiger partial charge in [-0.2, -0.15) is 0 Å². The Balaban J connectivity index is 0.000000204. The number of phenols is 1. The zero-order chi connectivity index (χ0) is 78.9. The standard InChI is InChI=1S/C28H18O6S.C21H14O5.C16H10O4S.C9H6O3.C7H4OS2.4CH4.H2P2S2.HPS2/c1-31-16-10-12-21-23(14-16)33-24-15-17(32-26(29)19-7-3-5-9-25(19)35)11-13-22(24)28(21)20-8-4-2-6-18(20)27(30)34-28;1-25-13-7-9-17-19(11-13)26-18-10-12(22)6-8-16(18)20(17)14-4-2-3-5-15(14)21(23)24;17-15-8-6-10-5-7-11(9-13(10)20-15)19-16(18)12-3-1-2-4-14(12)21;10-7-3-1-6-2-4-9(11)12-8(6)5-7;8-7-5-3-1-2-4-6(5)9-10-7;;;;;1-2-4-3;1-3-2/h2-15,35H,1H3;2-11H,1H3,(H,23,24);1-9,21H;1-5,10H;1-4H;4*1H4;1H2;1H. The highest BCUT2D eigenvalue weighted by Crippen LogP contribution is 2.57. The number of carboxylic acids is 1. The molecule has 4 aliphatic rings. The van der Waals surface area contributed by atoms with Crippen molar-refractivity contribution in [2.24, 2.45) is 0 Å². The van der Waals surface area contributed by atoms with Gasteiger partial charge < -0.3 is 51.9 Å². The van der Waals surface area contributed by atoms with Crippen molar-refractivity contribution in [3.8, 4) is 62.7 Å². The number of ether oxygens (including phenoxy) is 6. The second-order valence-corrected chi connectivity index (χ2v) is 33.0. The molecule has 17 rings (SSSR count). The maximum Gasteiger partial charge on any atom is 0.344 e. The molecule has 0 amide bonds. The minimum atomic E-state index is -1.21. The molecule has 115 heavy (non-hydrogen) atoms. The molecule has 2 atom stereocenters. The van der Waals surface area contributed by atoms with Crippen molar-refractivity contribution in [3.05, 3.63) is 334 Å². The minimum absolute atomic E-state index is 0. The van der Waals surface area contributed by atoms with E-state index in [9.17, 15) is 43.5 Å². The first kappa shape index (κ1) is 91.3. The van der Waals surface area contributed by atoms with Gasteiger partial charge in [0.15, 0.2) is 11.0 Å². The normalized spacial score (nSPS) is 11.9. The van der Waals surface area contributed by atoms with Crippen LogP contribution in [-0.4, -0.2) is 48.3 Å². The molecular formula is C85H71O19P3S8. The number of fused-ring (bicyclic) bond motifs is 11. The van der Waals surface area contributed by atoms with Gasteiger partial charge in [-0.1, -0.05) is 131 Å². The van der Waals surface area contributed by atoms with Crippen LogP contribution in [0.25, 0.3) is 65.4 Å². The Morgan fingerprint density at radius 3 is 1.57 bits per heavy atom. The predicted octanol–water partition coefficient (Wildman–Crippen LogP) is 21.5. The fraction of sp³-hybridized carbons (Fsp3) is 0.0824. The molecule has 3 aromatic heterocycles. The molecule has 3 aliphatic heterocycles. The molecule has 2 unspecified atom stereocenters. The summed E-state index contributed by atoms with van der Waals surface area (Å²) in [5.41, 5.74) is 4.40. The number of benzene rings is 11. The number of esters is 3. The Kier molecular flexibility index (Phi) is 33.7.